The van der Waals surface area contributed by atoms with Gasteiger partial charge < -0.3 is 15.8 Å². The molecule has 2 rings (SSSR count). The van der Waals surface area contributed by atoms with Crippen LogP contribution in [-0.4, -0.2) is 29.3 Å². The summed E-state index contributed by atoms with van der Waals surface area (Å²) in [6.07, 6.45) is 4.48. The van der Waals surface area contributed by atoms with Gasteiger partial charge in [0.25, 0.3) is 0 Å². The quantitative estimate of drug-likeness (QED) is 0.827. The highest BCUT2D eigenvalue weighted by Crippen LogP contribution is 2.25. The van der Waals surface area contributed by atoms with E-state index >= 15 is 0 Å². The fraction of sp³-hybridized carbons (Fsp3) is 0.647. The molecule has 0 bridgehead atoms. The summed E-state index contributed by atoms with van der Waals surface area (Å²) in [6.45, 7) is 5.80. The standard InChI is InChI=1S/C17H26ClN3O2/c1-17(2,3)23-16(22)20-13(10-19)9-12-8-11-6-4-5-7-14(11)21-15(12)18/h8,13H,4-7,9-10,19H2,1-3H3,(H,20,22). The molecule has 1 heterocycles. The highest BCUT2D eigenvalue weighted by Gasteiger charge is 2.21. The van der Waals surface area contributed by atoms with Crippen LogP contribution in [0.4, 0.5) is 4.79 Å². The van der Waals surface area contributed by atoms with E-state index in [0.717, 1.165) is 24.1 Å². The van der Waals surface area contributed by atoms with Crippen molar-refractivity contribution in [2.45, 2.75) is 64.5 Å². The minimum Gasteiger partial charge on any atom is -0.444 e. The molecule has 0 saturated heterocycles. The second-order valence-corrected chi connectivity index (χ2v) is 7.39. The number of amides is 1. The van der Waals surface area contributed by atoms with Crippen molar-refractivity contribution in [2.24, 2.45) is 5.73 Å². The van der Waals surface area contributed by atoms with Crippen LogP contribution >= 0.6 is 11.6 Å². The molecule has 0 saturated carbocycles. The maximum Gasteiger partial charge on any atom is 0.407 e. The summed E-state index contributed by atoms with van der Waals surface area (Å²) in [7, 11) is 0. The number of carbonyl (C=O) groups excluding carboxylic acids is 1. The molecule has 0 aliphatic heterocycles. The Morgan fingerprint density at radius 2 is 2.13 bits per heavy atom. The smallest absolute Gasteiger partial charge is 0.407 e. The molecule has 1 aromatic heterocycles. The molecule has 1 aliphatic carbocycles. The minimum absolute atomic E-state index is 0.231. The Labute approximate surface area is 142 Å². The fourth-order valence-electron chi connectivity index (χ4n) is 2.73. The van der Waals surface area contributed by atoms with E-state index in [1.165, 1.54) is 18.4 Å². The van der Waals surface area contributed by atoms with E-state index in [0.29, 0.717) is 18.1 Å². The van der Waals surface area contributed by atoms with Gasteiger partial charge in [-0.1, -0.05) is 17.7 Å². The molecule has 5 nitrogen and oxygen atoms in total. The number of nitrogens with two attached hydrogens (primary N) is 1. The lowest BCUT2D eigenvalue weighted by Gasteiger charge is -2.24. The van der Waals surface area contributed by atoms with Gasteiger partial charge in [-0.3, -0.25) is 0 Å². The number of nitrogens with one attached hydrogen (secondary N) is 1. The zero-order valence-electron chi connectivity index (χ0n) is 14.1. The summed E-state index contributed by atoms with van der Waals surface area (Å²) >= 11 is 6.31. The minimum atomic E-state index is -0.533. The number of halogens is 1. The van der Waals surface area contributed by atoms with Crippen LogP contribution < -0.4 is 11.1 Å². The van der Waals surface area contributed by atoms with Gasteiger partial charge >= 0.3 is 6.09 Å². The molecule has 0 fully saturated rings. The third kappa shape index (κ3) is 5.36. The second kappa shape index (κ2) is 7.49. The predicted molar refractivity (Wildman–Crippen MR) is 91.8 cm³/mol. The number of aromatic nitrogens is 1. The first kappa shape index (κ1) is 18.0. The van der Waals surface area contributed by atoms with Crippen LogP contribution in [0, 0.1) is 0 Å². The molecule has 23 heavy (non-hydrogen) atoms. The van der Waals surface area contributed by atoms with Gasteiger partial charge in [0.05, 0.1) is 0 Å². The van der Waals surface area contributed by atoms with Gasteiger partial charge in [0.1, 0.15) is 10.8 Å². The first-order valence-corrected chi connectivity index (χ1v) is 8.53. The molecule has 1 amide bonds. The Morgan fingerprint density at radius 1 is 1.43 bits per heavy atom. The highest BCUT2D eigenvalue weighted by atomic mass is 35.5. The Kier molecular flexibility index (Phi) is 5.87. The van der Waals surface area contributed by atoms with Gasteiger partial charge in [-0.2, -0.15) is 0 Å². The van der Waals surface area contributed by atoms with Crippen molar-refractivity contribution < 1.29 is 9.53 Å². The zero-order valence-corrected chi connectivity index (χ0v) is 14.9. The van der Waals surface area contributed by atoms with Gasteiger partial charge in [0.15, 0.2) is 0 Å². The molecule has 6 heteroatoms. The molecule has 0 aromatic carbocycles. The Balaban J connectivity index is 2.05. The molecule has 0 spiro atoms. The van der Waals surface area contributed by atoms with Crippen molar-refractivity contribution in [1.82, 2.24) is 10.3 Å². The van der Waals surface area contributed by atoms with E-state index in [9.17, 15) is 4.79 Å². The Hall–Kier alpha value is -1.33. The van der Waals surface area contributed by atoms with Crippen LogP contribution in [0.2, 0.25) is 5.15 Å². The Morgan fingerprint density at radius 3 is 2.78 bits per heavy atom. The summed E-state index contributed by atoms with van der Waals surface area (Å²) in [4.78, 5) is 16.4. The molecule has 3 N–H and O–H groups in total. The van der Waals surface area contributed by atoms with Gasteiger partial charge in [0, 0.05) is 18.3 Å². The van der Waals surface area contributed by atoms with Gasteiger partial charge in [-0.25, -0.2) is 9.78 Å². The number of hydrogen-bond donors (Lipinski definition) is 2. The summed E-state index contributed by atoms with van der Waals surface area (Å²) in [5.41, 5.74) is 8.56. The molecule has 1 aromatic rings. The molecule has 128 valence electrons. The number of aryl methyl sites for hydroxylation is 2. The third-order valence-electron chi connectivity index (χ3n) is 3.80. The second-order valence-electron chi connectivity index (χ2n) is 7.03. The van der Waals surface area contributed by atoms with Gasteiger partial charge in [-0.05, 0) is 64.0 Å². The number of hydrogen-bond acceptors (Lipinski definition) is 4. The first-order chi connectivity index (χ1) is 10.8. The van der Waals surface area contributed by atoms with Gasteiger partial charge in [0.2, 0.25) is 0 Å². The van der Waals surface area contributed by atoms with Gasteiger partial charge in [-0.15, -0.1) is 0 Å². The summed E-state index contributed by atoms with van der Waals surface area (Å²) in [6, 6.07) is 1.88. The molecule has 1 atom stereocenters. The maximum absolute atomic E-state index is 11.9. The number of nitrogens with zero attached hydrogens (tertiary/aromatic N) is 1. The molecule has 1 unspecified atom stereocenters. The highest BCUT2D eigenvalue weighted by molar-refractivity contribution is 6.30. The van der Waals surface area contributed by atoms with Crippen molar-refractivity contribution in [3.8, 4) is 0 Å². The average Bonchev–Trinajstić information content (AvgIpc) is 2.45. The van der Waals surface area contributed by atoms with Crippen molar-refractivity contribution >= 4 is 17.7 Å². The fourth-order valence-corrected chi connectivity index (χ4v) is 2.97. The normalized spacial score (nSPS) is 15.7. The summed E-state index contributed by atoms with van der Waals surface area (Å²) < 4.78 is 5.27. The van der Waals surface area contributed by atoms with Crippen LogP contribution in [0.15, 0.2) is 6.07 Å². The maximum atomic E-state index is 11.9. The van der Waals surface area contributed by atoms with E-state index in [-0.39, 0.29) is 6.04 Å². The lowest BCUT2D eigenvalue weighted by atomic mass is 9.94. The number of alkyl carbamates (subject to hydrolysis) is 1. The van der Waals surface area contributed by atoms with Crippen LogP contribution in [0.1, 0.15) is 50.4 Å². The lowest BCUT2D eigenvalue weighted by Crippen LogP contribution is -2.44. The number of fused-ring (bicyclic) bond motifs is 1. The van der Waals surface area contributed by atoms with Crippen molar-refractivity contribution in [2.75, 3.05) is 6.54 Å². The van der Waals surface area contributed by atoms with Crippen molar-refractivity contribution in [3.05, 3.63) is 28.0 Å². The van der Waals surface area contributed by atoms with E-state index in [1.807, 2.05) is 20.8 Å². The third-order valence-corrected chi connectivity index (χ3v) is 4.13. The van der Waals surface area contributed by atoms with E-state index in [1.54, 1.807) is 0 Å². The SMILES string of the molecule is CC(C)(C)OC(=O)NC(CN)Cc1cc2c(nc1Cl)CCCC2. The van der Waals surface area contributed by atoms with Crippen LogP contribution in [0.3, 0.4) is 0 Å². The Bertz CT molecular complexity index is 570. The molecular formula is C17H26ClN3O2. The number of ether oxygens (including phenoxy) is 1. The van der Waals surface area contributed by atoms with Crippen molar-refractivity contribution in [1.29, 1.82) is 0 Å². The van der Waals surface area contributed by atoms with Crippen LogP contribution in [0.5, 0.6) is 0 Å². The average molecular weight is 340 g/mol. The number of rotatable bonds is 4. The monoisotopic (exact) mass is 339 g/mol. The predicted octanol–water partition coefficient (Wildman–Crippen LogP) is 3.01. The van der Waals surface area contributed by atoms with E-state index in [2.05, 4.69) is 16.4 Å². The summed E-state index contributed by atoms with van der Waals surface area (Å²) in [5.74, 6) is 0. The van der Waals surface area contributed by atoms with Crippen molar-refractivity contribution in [3.63, 3.8) is 0 Å². The number of pyridine rings is 1. The topological polar surface area (TPSA) is 77.2 Å². The largest absolute Gasteiger partial charge is 0.444 e. The first-order valence-electron chi connectivity index (χ1n) is 8.15. The summed E-state index contributed by atoms with van der Waals surface area (Å²) in [5, 5.41) is 3.32. The molecule has 1 aliphatic rings. The number of carbonyl (C=O) groups is 1. The zero-order chi connectivity index (χ0) is 17.0. The van der Waals surface area contributed by atoms with Crippen LogP contribution in [-0.2, 0) is 24.0 Å². The van der Waals surface area contributed by atoms with E-state index < -0.39 is 11.7 Å². The van der Waals surface area contributed by atoms with E-state index in [4.69, 9.17) is 22.1 Å². The molecule has 0 radical (unpaired) electrons. The van der Waals surface area contributed by atoms with Crippen LogP contribution in [0.25, 0.3) is 0 Å². The molecular weight excluding hydrogens is 314 g/mol. The lowest BCUT2D eigenvalue weighted by molar-refractivity contribution is 0.0506.